The summed E-state index contributed by atoms with van der Waals surface area (Å²) in [5, 5.41) is 3.98. The summed E-state index contributed by atoms with van der Waals surface area (Å²) in [5.74, 6) is 1.04. The Bertz CT molecular complexity index is 513. The number of benzene rings is 1. The van der Waals surface area contributed by atoms with Gasteiger partial charge in [0.15, 0.2) is 0 Å². The van der Waals surface area contributed by atoms with Crippen LogP contribution in [0.3, 0.4) is 0 Å². The van der Waals surface area contributed by atoms with Crippen LogP contribution in [0.2, 0.25) is 0 Å². The summed E-state index contributed by atoms with van der Waals surface area (Å²) in [7, 11) is 0. The lowest BCUT2D eigenvalue weighted by molar-refractivity contribution is 0.0518. The fraction of sp³-hybridized carbons (Fsp3) is 0.467. The molecule has 5 nitrogen and oxygen atoms in total. The molecule has 2 aromatic rings. The van der Waals surface area contributed by atoms with Crippen molar-refractivity contribution in [2.45, 2.75) is 38.8 Å². The van der Waals surface area contributed by atoms with Gasteiger partial charge in [0.05, 0.1) is 6.04 Å². The van der Waals surface area contributed by atoms with Crippen molar-refractivity contribution in [3.63, 3.8) is 0 Å². The van der Waals surface area contributed by atoms with Crippen LogP contribution < -0.4 is 5.73 Å². The third-order valence-corrected chi connectivity index (χ3v) is 3.10. The molecule has 2 rings (SSSR count). The first-order valence-corrected chi connectivity index (χ1v) is 6.99. The van der Waals surface area contributed by atoms with Crippen LogP contribution in [0, 0.1) is 0 Å². The van der Waals surface area contributed by atoms with Gasteiger partial charge in [0.25, 0.3) is 0 Å². The molecule has 1 unspecified atom stereocenters. The van der Waals surface area contributed by atoms with E-state index < -0.39 is 0 Å². The SMILES string of the molecule is CCOC(CC)c1noc([C@H](N)Cc2ccccc2)n1. The Hall–Kier alpha value is -1.72. The number of hydrogen-bond donors (Lipinski definition) is 1. The van der Waals surface area contributed by atoms with Crippen LogP contribution in [-0.2, 0) is 11.2 Å². The Morgan fingerprint density at radius 2 is 2.00 bits per heavy atom. The maximum atomic E-state index is 6.12. The highest BCUT2D eigenvalue weighted by Crippen LogP contribution is 2.20. The van der Waals surface area contributed by atoms with Crippen molar-refractivity contribution in [3.05, 3.63) is 47.6 Å². The van der Waals surface area contributed by atoms with Crippen molar-refractivity contribution < 1.29 is 9.26 Å². The normalized spacial score (nSPS) is 14.2. The lowest BCUT2D eigenvalue weighted by Gasteiger charge is -2.09. The molecule has 1 heterocycles. The van der Waals surface area contributed by atoms with Gasteiger partial charge in [-0.25, -0.2) is 0 Å². The average molecular weight is 275 g/mol. The highest BCUT2D eigenvalue weighted by Gasteiger charge is 2.20. The van der Waals surface area contributed by atoms with Crippen molar-refractivity contribution in [1.82, 2.24) is 10.1 Å². The lowest BCUT2D eigenvalue weighted by Crippen LogP contribution is -2.14. The van der Waals surface area contributed by atoms with Gasteiger partial charge >= 0.3 is 0 Å². The van der Waals surface area contributed by atoms with Crippen molar-refractivity contribution in [1.29, 1.82) is 0 Å². The van der Waals surface area contributed by atoms with Gasteiger partial charge in [-0.15, -0.1) is 0 Å². The molecule has 2 N–H and O–H groups in total. The zero-order valence-electron chi connectivity index (χ0n) is 12.0. The number of nitrogens with two attached hydrogens (primary N) is 1. The second kappa shape index (κ2) is 7.17. The van der Waals surface area contributed by atoms with E-state index in [1.807, 2.05) is 44.2 Å². The van der Waals surface area contributed by atoms with E-state index in [0.29, 0.717) is 24.7 Å². The van der Waals surface area contributed by atoms with Gasteiger partial charge in [-0.05, 0) is 25.3 Å². The minimum Gasteiger partial charge on any atom is -0.370 e. The third-order valence-electron chi connectivity index (χ3n) is 3.10. The first-order chi connectivity index (χ1) is 9.74. The number of aromatic nitrogens is 2. The molecule has 0 aliphatic carbocycles. The maximum absolute atomic E-state index is 6.12. The fourth-order valence-electron chi connectivity index (χ4n) is 2.06. The van der Waals surface area contributed by atoms with Gasteiger partial charge in [0.2, 0.25) is 11.7 Å². The molecule has 20 heavy (non-hydrogen) atoms. The zero-order chi connectivity index (χ0) is 14.4. The van der Waals surface area contributed by atoms with Crippen LogP contribution in [0.5, 0.6) is 0 Å². The van der Waals surface area contributed by atoms with Crippen molar-refractivity contribution in [3.8, 4) is 0 Å². The molecule has 0 aliphatic rings. The highest BCUT2D eigenvalue weighted by atomic mass is 16.5. The number of rotatable bonds is 7. The molecule has 0 spiro atoms. The average Bonchev–Trinajstić information content (AvgIpc) is 2.95. The largest absolute Gasteiger partial charge is 0.370 e. The molecule has 108 valence electrons. The summed E-state index contributed by atoms with van der Waals surface area (Å²) >= 11 is 0. The molecule has 0 amide bonds. The van der Waals surface area contributed by atoms with E-state index in [2.05, 4.69) is 10.1 Å². The van der Waals surface area contributed by atoms with E-state index >= 15 is 0 Å². The standard InChI is InChI=1S/C15H21N3O2/c1-3-13(19-4-2)14-17-15(20-18-14)12(16)10-11-8-6-5-7-9-11/h5-9,12-13H,3-4,10,16H2,1-2H3/t12-,13?/m1/s1. The van der Waals surface area contributed by atoms with Crippen LogP contribution in [-0.4, -0.2) is 16.7 Å². The van der Waals surface area contributed by atoms with Crippen LogP contribution in [0.15, 0.2) is 34.9 Å². The summed E-state index contributed by atoms with van der Waals surface area (Å²) in [6, 6.07) is 9.73. The van der Waals surface area contributed by atoms with Crippen molar-refractivity contribution >= 4 is 0 Å². The predicted octanol–water partition coefficient (Wildman–Crippen LogP) is 2.80. The van der Waals surface area contributed by atoms with E-state index in [1.165, 1.54) is 0 Å². The summed E-state index contributed by atoms with van der Waals surface area (Å²) in [6.45, 7) is 4.60. The summed E-state index contributed by atoms with van der Waals surface area (Å²) in [6.07, 6.45) is 1.36. The Morgan fingerprint density at radius 1 is 1.25 bits per heavy atom. The van der Waals surface area contributed by atoms with Gasteiger partial charge in [-0.2, -0.15) is 4.98 Å². The zero-order valence-corrected chi connectivity index (χ0v) is 12.0. The topological polar surface area (TPSA) is 74.2 Å². The number of nitrogens with zero attached hydrogens (tertiary/aromatic N) is 2. The van der Waals surface area contributed by atoms with Crippen LogP contribution in [0.25, 0.3) is 0 Å². The molecular weight excluding hydrogens is 254 g/mol. The Balaban J connectivity index is 2.04. The van der Waals surface area contributed by atoms with E-state index in [-0.39, 0.29) is 12.1 Å². The van der Waals surface area contributed by atoms with Gasteiger partial charge < -0.3 is 15.0 Å². The summed E-state index contributed by atoms with van der Waals surface area (Å²) < 4.78 is 10.8. The maximum Gasteiger partial charge on any atom is 0.243 e. The minimum atomic E-state index is -0.294. The second-order valence-electron chi connectivity index (χ2n) is 4.64. The molecule has 0 bridgehead atoms. The molecule has 0 saturated carbocycles. The molecule has 0 fully saturated rings. The van der Waals surface area contributed by atoms with Crippen molar-refractivity contribution in [2.24, 2.45) is 5.73 Å². The quantitative estimate of drug-likeness (QED) is 0.841. The Labute approximate surface area is 119 Å². The Kier molecular flexibility index (Phi) is 5.26. The molecule has 1 aromatic heterocycles. The van der Waals surface area contributed by atoms with E-state index in [1.54, 1.807) is 0 Å². The van der Waals surface area contributed by atoms with Crippen LogP contribution in [0.1, 0.15) is 49.7 Å². The smallest absolute Gasteiger partial charge is 0.243 e. The molecule has 0 aliphatic heterocycles. The minimum absolute atomic E-state index is 0.124. The molecule has 0 saturated heterocycles. The first kappa shape index (κ1) is 14.7. The molecule has 5 heteroatoms. The van der Waals surface area contributed by atoms with Crippen molar-refractivity contribution in [2.75, 3.05) is 6.61 Å². The highest BCUT2D eigenvalue weighted by molar-refractivity contribution is 5.16. The number of ether oxygens (including phenoxy) is 1. The Morgan fingerprint density at radius 3 is 2.65 bits per heavy atom. The summed E-state index contributed by atoms with van der Waals surface area (Å²) in [4.78, 5) is 4.37. The van der Waals surface area contributed by atoms with E-state index in [9.17, 15) is 0 Å². The second-order valence-corrected chi connectivity index (χ2v) is 4.64. The molecule has 0 radical (unpaired) electrons. The van der Waals surface area contributed by atoms with E-state index in [4.69, 9.17) is 15.0 Å². The van der Waals surface area contributed by atoms with Gasteiger partial charge in [0.1, 0.15) is 6.10 Å². The monoisotopic (exact) mass is 275 g/mol. The lowest BCUT2D eigenvalue weighted by atomic mass is 10.1. The van der Waals surface area contributed by atoms with Gasteiger partial charge in [-0.3, -0.25) is 0 Å². The predicted molar refractivity (Wildman–Crippen MR) is 76.0 cm³/mol. The first-order valence-electron chi connectivity index (χ1n) is 6.99. The van der Waals surface area contributed by atoms with Gasteiger partial charge in [0, 0.05) is 6.61 Å². The summed E-state index contributed by atoms with van der Waals surface area (Å²) in [5.41, 5.74) is 7.27. The van der Waals surface area contributed by atoms with Gasteiger partial charge in [-0.1, -0.05) is 42.4 Å². The molecule has 1 aromatic carbocycles. The fourth-order valence-corrected chi connectivity index (χ4v) is 2.06. The number of hydrogen-bond acceptors (Lipinski definition) is 5. The van der Waals surface area contributed by atoms with E-state index in [0.717, 1.165) is 12.0 Å². The van der Waals surface area contributed by atoms with Crippen LogP contribution >= 0.6 is 0 Å². The molecule has 2 atom stereocenters. The van der Waals surface area contributed by atoms with Crippen LogP contribution in [0.4, 0.5) is 0 Å². The third kappa shape index (κ3) is 3.65. The molecular formula is C15H21N3O2.